The van der Waals surface area contributed by atoms with Crippen molar-refractivity contribution in [3.05, 3.63) is 22.8 Å². The molecule has 0 atom stereocenters. The van der Waals surface area contributed by atoms with Crippen molar-refractivity contribution in [2.24, 2.45) is 0 Å². The molecule has 1 aliphatic heterocycles. The lowest BCUT2D eigenvalue weighted by Gasteiger charge is -2.07. The quantitative estimate of drug-likeness (QED) is 0.841. The molecule has 1 aromatic heterocycles. The molecule has 1 aliphatic carbocycles. The van der Waals surface area contributed by atoms with E-state index < -0.39 is 5.97 Å². The molecule has 2 heterocycles. The first-order chi connectivity index (χ1) is 8.13. The number of aromatic nitrogens is 2. The van der Waals surface area contributed by atoms with Crippen molar-refractivity contribution in [1.82, 2.24) is 14.9 Å². The molecular formula is C12H15N3O2. The van der Waals surface area contributed by atoms with Crippen LogP contribution < -0.4 is 0 Å². The average Bonchev–Trinajstić information content (AvgIpc) is 3.00. The number of nitrogens with zero attached hydrogens (tertiary/aromatic N) is 3. The van der Waals surface area contributed by atoms with Crippen molar-refractivity contribution in [3.63, 3.8) is 0 Å². The van der Waals surface area contributed by atoms with E-state index >= 15 is 0 Å². The van der Waals surface area contributed by atoms with Gasteiger partial charge in [0.1, 0.15) is 5.82 Å². The summed E-state index contributed by atoms with van der Waals surface area (Å²) in [5, 5.41) is 8.94. The van der Waals surface area contributed by atoms with Gasteiger partial charge < -0.3 is 5.11 Å². The number of aliphatic carboxylic acids is 1. The number of fused-ring (bicyclic) bond motifs is 1. The zero-order valence-electron chi connectivity index (χ0n) is 9.81. The van der Waals surface area contributed by atoms with Gasteiger partial charge in [0, 0.05) is 24.6 Å². The number of rotatable bonds is 3. The molecule has 0 bridgehead atoms. The second-order valence-corrected chi connectivity index (χ2v) is 4.97. The third-order valence-electron chi connectivity index (χ3n) is 3.30. The van der Waals surface area contributed by atoms with E-state index in [9.17, 15) is 4.79 Å². The van der Waals surface area contributed by atoms with Gasteiger partial charge in [-0.2, -0.15) is 0 Å². The van der Waals surface area contributed by atoms with E-state index in [0.29, 0.717) is 11.6 Å². The molecule has 0 spiro atoms. The van der Waals surface area contributed by atoms with E-state index in [1.165, 1.54) is 0 Å². The van der Waals surface area contributed by atoms with Crippen LogP contribution in [-0.2, 0) is 24.3 Å². The Morgan fingerprint density at radius 2 is 2.18 bits per heavy atom. The van der Waals surface area contributed by atoms with Gasteiger partial charge >= 0.3 is 5.97 Å². The van der Waals surface area contributed by atoms with Crippen LogP contribution >= 0.6 is 0 Å². The van der Waals surface area contributed by atoms with Gasteiger partial charge in [-0.15, -0.1) is 0 Å². The molecule has 5 nitrogen and oxygen atoms in total. The van der Waals surface area contributed by atoms with Gasteiger partial charge in [0.25, 0.3) is 0 Å². The smallest absolute Gasteiger partial charge is 0.309 e. The molecule has 1 N–H and O–H groups in total. The number of hydrogen-bond donors (Lipinski definition) is 1. The zero-order valence-corrected chi connectivity index (χ0v) is 9.81. The zero-order chi connectivity index (χ0) is 12.0. The van der Waals surface area contributed by atoms with E-state index in [4.69, 9.17) is 5.11 Å². The molecule has 0 saturated heterocycles. The summed E-state index contributed by atoms with van der Waals surface area (Å²) in [5.41, 5.74) is 2.77. The van der Waals surface area contributed by atoms with Crippen LogP contribution in [0.3, 0.4) is 0 Å². The first-order valence-corrected chi connectivity index (χ1v) is 5.92. The predicted molar refractivity (Wildman–Crippen MR) is 60.5 cm³/mol. The lowest BCUT2D eigenvalue weighted by atomic mass is 10.1. The summed E-state index contributed by atoms with van der Waals surface area (Å²) in [4.78, 5) is 22.1. The van der Waals surface area contributed by atoms with Crippen LogP contribution in [0.1, 0.15) is 41.5 Å². The third kappa shape index (κ3) is 2.02. The van der Waals surface area contributed by atoms with Crippen molar-refractivity contribution in [3.8, 4) is 0 Å². The lowest BCUT2D eigenvalue weighted by Crippen LogP contribution is -2.10. The van der Waals surface area contributed by atoms with Gasteiger partial charge in [-0.25, -0.2) is 9.97 Å². The van der Waals surface area contributed by atoms with Gasteiger partial charge in [0.15, 0.2) is 0 Å². The van der Waals surface area contributed by atoms with E-state index in [1.807, 2.05) is 7.05 Å². The van der Waals surface area contributed by atoms with Crippen molar-refractivity contribution >= 4 is 5.97 Å². The Morgan fingerprint density at radius 1 is 1.41 bits per heavy atom. The maximum Gasteiger partial charge on any atom is 0.309 e. The minimum absolute atomic E-state index is 0.0123. The molecule has 0 amide bonds. The average molecular weight is 233 g/mol. The standard InChI is InChI=1S/C12H15N3O2/c1-15-5-8-9(4-11(16)17)13-12(7-2-3-7)14-10(8)6-15/h7H,2-6H2,1H3,(H,16,17). The highest BCUT2D eigenvalue weighted by Gasteiger charge is 2.30. The summed E-state index contributed by atoms with van der Waals surface area (Å²) in [6.07, 6.45) is 2.29. The van der Waals surface area contributed by atoms with Crippen molar-refractivity contribution in [1.29, 1.82) is 0 Å². The Morgan fingerprint density at radius 3 is 2.82 bits per heavy atom. The second-order valence-electron chi connectivity index (χ2n) is 4.97. The highest BCUT2D eigenvalue weighted by atomic mass is 16.4. The number of carbonyl (C=O) groups is 1. The van der Waals surface area contributed by atoms with Crippen LogP contribution in [0.4, 0.5) is 0 Å². The fourth-order valence-corrected chi connectivity index (χ4v) is 2.31. The maximum atomic E-state index is 10.9. The molecule has 1 saturated carbocycles. The molecule has 1 aromatic rings. The number of hydrogen-bond acceptors (Lipinski definition) is 4. The molecule has 3 rings (SSSR count). The minimum Gasteiger partial charge on any atom is -0.481 e. The fraction of sp³-hybridized carbons (Fsp3) is 0.583. The summed E-state index contributed by atoms with van der Waals surface area (Å²) >= 11 is 0. The fourth-order valence-electron chi connectivity index (χ4n) is 2.31. The van der Waals surface area contributed by atoms with E-state index in [0.717, 1.165) is 43.0 Å². The van der Waals surface area contributed by atoms with Crippen molar-refractivity contribution in [2.75, 3.05) is 7.05 Å². The largest absolute Gasteiger partial charge is 0.481 e. The first kappa shape index (κ1) is 10.7. The van der Waals surface area contributed by atoms with Gasteiger partial charge in [-0.3, -0.25) is 9.69 Å². The predicted octanol–water partition coefficient (Wildman–Crippen LogP) is 0.926. The molecule has 17 heavy (non-hydrogen) atoms. The Labute approximate surface area is 99.5 Å². The van der Waals surface area contributed by atoms with E-state index in [1.54, 1.807) is 0 Å². The van der Waals surface area contributed by atoms with E-state index in [2.05, 4.69) is 14.9 Å². The van der Waals surface area contributed by atoms with Crippen molar-refractivity contribution in [2.45, 2.75) is 38.3 Å². The number of carboxylic acids is 1. The van der Waals surface area contributed by atoms with Crippen LogP contribution in [0, 0.1) is 0 Å². The van der Waals surface area contributed by atoms with Crippen LogP contribution in [0.5, 0.6) is 0 Å². The Kier molecular flexibility index (Phi) is 2.36. The topological polar surface area (TPSA) is 66.3 Å². The van der Waals surface area contributed by atoms with Crippen LogP contribution in [-0.4, -0.2) is 33.0 Å². The Bertz CT molecular complexity index is 483. The normalized spacial score (nSPS) is 19.4. The first-order valence-electron chi connectivity index (χ1n) is 5.92. The maximum absolute atomic E-state index is 10.9. The molecule has 0 unspecified atom stereocenters. The summed E-state index contributed by atoms with van der Waals surface area (Å²) in [6.45, 7) is 1.58. The highest BCUT2D eigenvalue weighted by molar-refractivity contribution is 5.70. The van der Waals surface area contributed by atoms with Gasteiger partial charge in [0.2, 0.25) is 0 Å². The summed E-state index contributed by atoms with van der Waals surface area (Å²) in [7, 11) is 2.02. The Balaban J connectivity index is 2.02. The monoisotopic (exact) mass is 233 g/mol. The lowest BCUT2D eigenvalue weighted by molar-refractivity contribution is -0.136. The summed E-state index contributed by atoms with van der Waals surface area (Å²) < 4.78 is 0. The highest BCUT2D eigenvalue weighted by Crippen LogP contribution is 2.39. The Hall–Kier alpha value is -1.49. The molecule has 0 aromatic carbocycles. The molecule has 90 valence electrons. The van der Waals surface area contributed by atoms with Gasteiger partial charge in [0.05, 0.1) is 17.8 Å². The third-order valence-corrected chi connectivity index (χ3v) is 3.30. The summed E-state index contributed by atoms with van der Waals surface area (Å²) in [6, 6.07) is 0. The van der Waals surface area contributed by atoms with Gasteiger partial charge in [-0.05, 0) is 19.9 Å². The van der Waals surface area contributed by atoms with Crippen LogP contribution in [0.15, 0.2) is 0 Å². The number of carboxylic acid groups (broad SMARTS) is 1. The SMILES string of the molecule is CN1Cc2nc(C3CC3)nc(CC(=O)O)c2C1. The van der Waals surface area contributed by atoms with Crippen LogP contribution in [0.25, 0.3) is 0 Å². The van der Waals surface area contributed by atoms with Crippen molar-refractivity contribution < 1.29 is 9.90 Å². The molecule has 5 heteroatoms. The van der Waals surface area contributed by atoms with E-state index in [-0.39, 0.29) is 6.42 Å². The molecular weight excluding hydrogens is 218 g/mol. The minimum atomic E-state index is -0.817. The van der Waals surface area contributed by atoms with Gasteiger partial charge in [-0.1, -0.05) is 0 Å². The molecule has 2 aliphatic rings. The summed E-state index contributed by atoms with van der Waals surface area (Å²) in [5.74, 6) is 0.510. The molecule has 0 radical (unpaired) electrons. The molecule has 1 fully saturated rings. The second kappa shape index (κ2) is 3.77. The van der Waals surface area contributed by atoms with Crippen LogP contribution in [0.2, 0.25) is 0 Å².